The second kappa shape index (κ2) is 7.37. The normalized spacial score (nSPS) is 10.9. The third-order valence-corrected chi connectivity index (χ3v) is 3.47. The number of hydrogen-bond acceptors (Lipinski definition) is 3. The van der Waals surface area contributed by atoms with E-state index < -0.39 is 0 Å². The van der Waals surface area contributed by atoms with Gasteiger partial charge in [0.05, 0.1) is 6.54 Å². The Hall–Kier alpha value is -3.21. The van der Waals surface area contributed by atoms with Gasteiger partial charge in [-0.1, -0.05) is 42.0 Å². The lowest BCUT2D eigenvalue weighted by Gasteiger charge is -2.06. The monoisotopic (exact) mass is 318 g/mol. The summed E-state index contributed by atoms with van der Waals surface area (Å²) in [4.78, 5) is 16.0. The highest BCUT2D eigenvalue weighted by Crippen LogP contribution is 2.12. The number of nitrogens with one attached hydrogen (secondary N) is 1. The average molecular weight is 318 g/mol. The molecule has 0 aliphatic carbocycles. The van der Waals surface area contributed by atoms with E-state index in [2.05, 4.69) is 15.4 Å². The number of carbonyl (C=O) groups excluding carboxylic acids is 1. The fourth-order valence-corrected chi connectivity index (χ4v) is 2.38. The van der Waals surface area contributed by atoms with E-state index in [4.69, 9.17) is 0 Å². The van der Waals surface area contributed by atoms with Crippen molar-refractivity contribution in [1.82, 2.24) is 14.8 Å². The number of carbonyl (C=O) groups is 1. The summed E-state index contributed by atoms with van der Waals surface area (Å²) in [5.74, 6) is -0.158. The second-order valence-electron chi connectivity index (χ2n) is 5.53. The number of aryl methyl sites for hydroxylation is 1. The van der Waals surface area contributed by atoms with Crippen molar-refractivity contribution in [3.63, 3.8) is 0 Å². The number of aromatic nitrogens is 3. The van der Waals surface area contributed by atoms with Crippen LogP contribution < -0.4 is 5.32 Å². The fourth-order valence-electron chi connectivity index (χ4n) is 2.38. The number of anilines is 1. The second-order valence-corrected chi connectivity index (χ2v) is 5.53. The van der Waals surface area contributed by atoms with Gasteiger partial charge < -0.3 is 5.32 Å². The molecule has 3 aromatic rings. The summed E-state index contributed by atoms with van der Waals surface area (Å²) in [5.41, 5.74) is 3.97. The van der Waals surface area contributed by atoms with E-state index in [0.717, 1.165) is 16.8 Å². The summed E-state index contributed by atoms with van der Waals surface area (Å²) in [6.45, 7) is 2.64. The van der Waals surface area contributed by atoms with E-state index in [-0.39, 0.29) is 5.91 Å². The number of amides is 1. The lowest BCUT2D eigenvalue weighted by molar-refractivity contribution is -0.111. The summed E-state index contributed by atoms with van der Waals surface area (Å²) in [6.07, 6.45) is 6.51. The predicted molar refractivity (Wildman–Crippen MR) is 94.4 cm³/mol. The van der Waals surface area contributed by atoms with Gasteiger partial charge in [-0.3, -0.25) is 4.79 Å². The lowest BCUT2D eigenvalue weighted by Crippen LogP contribution is -2.08. The Morgan fingerprint density at radius 2 is 2.08 bits per heavy atom. The third-order valence-electron chi connectivity index (χ3n) is 3.47. The van der Waals surface area contributed by atoms with E-state index in [1.165, 1.54) is 11.9 Å². The standard InChI is InChI=1S/C19H18N4O/c1-15-4-2-5-16(10-15)8-9-19(24)22-18-7-3-6-17(11-18)12-23-14-20-13-21-23/h2-11,13-14H,12H2,1H3,(H,22,24)/b9-8+. The summed E-state index contributed by atoms with van der Waals surface area (Å²) in [6, 6.07) is 15.7. The molecular formula is C19H18N4O. The van der Waals surface area contributed by atoms with Crippen LogP contribution in [0.4, 0.5) is 5.69 Å². The van der Waals surface area contributed by atoms with Gasteiger partial charge in [-0.2, -0.15) is 5.10 Å². The molecule has 0 unspecified atom stereocenters. The molecule has 120 valence electrons. The molecule has 0 spiro atoms. The van der Waals surface area contributed by atoms with Gasteiger partial charge in [0.1, 0.15) is 12.7 Å². The van der Waals surface area contributed by atoms with Crippen LogP contribution in [0.5, 0.6) is 0 Å². The van der Waals surface area contributed by atoms with Crippen LogP contribution >= 0.6 is 0 Å². The van der Waals surface area contributed by atoms with Crippen molar-refractivity contribution in [3.8, 4) is 0 Å². The van der Waals surface area contributed by atoms with Gasteiger partial charge in [0.2, 0.25) is 5.91 Å². The summed E-state index contributed by atoms with van der Waals surface area (Å²) in [7, 11) is 0. The highest BCUT2D eigenvalue weighted by Gasteiger charge is 2.01. The van der Waals surface area contributed by atoms with Crippen molar-refractivity contribution in [2.75, 3.05) is 5.32 Å². The van der Waals surface area contributed by atoms with Gasteiger partial charge in [0.25, 0.3) is 0 Å². The van der Waals surface area contributed by atoms with Crippen LogP contribution in [-0.4, -0.2) is 20.7 Å². The van der Waals surface area contributed by atoms with Crippen LogP contribution in [0.1, 0.15) is 16.7 Å². The van der Waals surface area contributed by atoms with Crippen LogP contribution in [-0.2, 0) is 11.3 Å². The van der Waals surface area contributed by atoms with Crippen molar-refractivity contribution >= 4 is 17.7 Å². The average Bonchev–Trinajstić information content (AvgIpc) is 3.06. The van der Waals surface area contributed by atoms with Crippen LogP contribution in [0.25, 0.3) is 6.08 Å². The smallest absolute Gasteiger partial charge is 0.248 e. The lowest BCUT2D eigenvalue weighted by atomic mass is 10.1. The van der Waals surface area contributed by atoms with E-state index >= 15 is 0 Å². The zero-order chi connectivity index (χ0) is 16.8. The molecular weight excluding hydrogens is 300 g/mol. The van der Waals surface area contributed by atoms with E-state index in [1.54, 1.807) is 17.1 Å². The van der Waals surface area contributed by atoms with Gasteiger partial charge in [-0.25, -0.2) is 9.67 Å². The van der Waals surface area contributed by atoms with Gasteiger partial charge in [0.15, 0.2) is 0 Å². The van der Waals surface area contributed by atoms with Gasteiger partial charge in [-0.05, 0) is 36.3 Å². The van der Waals surface area contributed by atoms with Crippen molar-refractivity contribution < 1.29 is 4.79 Å². The Labute approximate surface area is 140 Å². The molecule has 2 aromatic carbocycles. The molecule has 24 heavy (non-hydrogen) atoms. The van der Waals surface area contributed by atoms with Gasteiger partial charge in [0, 0.05) is 11.8 Å². The Balaban J connectivity index is 1.64. The van der Waals surface area contributed by atoms with Gasteiger partial charge >= 0.3 is 0 Å². The molecule has 0 aliphatic rings. The summed E-state index contributed by atoms with van der Waals surface area (Å²) >= 11 is 0. The molecule has 5 nitrogen and oxygen atoms in total. The minimum atomic E-state index is -0.158. The molecule has 0 fully saturated rings. The molecule has 1 N–H and O–H groups in total. The Kier molecular flexibility index (Phi) is 4.81. The highest BCUT2D eigenvalue weighted by atomic mass is 16.1. The fraction of sp³-hybridized carbons (Fsp3) is 0.105. The molecule has 5 heteroatoms. The van der Waals surface area contributed by atoms with Crippen molar-refractivity contribution in [3.05, 3.63) is 84.0 Å². The van der Waals surface area contributed by atoms with Crippen LogP contribution in [0.2, 0.25) is 0 Å². The molecule has 0 aliphatic heterocycles. The first-order chi connectivity index (χ1) is 11.7. The maximum atomic E-state index is 12.1. The predicted octanol–water partition coefficient (Wildman–Crippen LogP) is 3.29. The van der Waals surface area contributed by atoms with Crippen molar-refractivity contribution in [1.29, 1.82) is 0 Å². The Morgan fingerprint density at radius 3 is 2.88 bits per heavy atom. The molecule has 1 heterocycles. The SMILES string of the molecule is Cc1cccc(/C=C/C(=O)Nc2cccc(Cn3cncn3)c2)c1. The quantitative estimate of drug-likeness (QED) is 0.734. The first kappa shape index (κ1) is 15.7. The summed E-state index contributed by atoms with van der Waals surface area (Å²) in [5, 5.41) is 6.96. The highest BCUT2D eigenvalue weighted by molar-refractivity contribution is 6.01. The molecule has 0 saturated heterocycles. The molecule has 0 saturated carbocycles. The van der Waals surface area contributed by atoms with Crippen molar-refractivity contribution in [2.45, 2.75) is 13.5 Å². The first-order valence-electron chi connectivity index (χ1n) is 7.66. The Bertz CT molecular complexity index is 853. The maximum Gasteiger partial charge on any atom is 0.248 e. The molecule has 0 atom stereocenters. The van der Waals surface area contributed by atoms with Gasteiger partial charge in [-0.15, -0.1) is 0 Å². The third kappa shape index (κ3) is 4.39. The van der Waals surface area contributed by atoms with Crippen molar-refractivity contribution in [2.24, 2.45) is 0 Å². The molecule has 1 amide bonds. The minimum absolute atomic E-state index is 0.158. The summed E-state index contributed by atoms with van der Waals surface area (Å²) < 4.78 is 1.73. The zero-order valence-corrected chi connectivity index (χ0v) is 13.4. The molecule has 1 aromatic heterocycles. The van der Waals surface area contributed by atoms with Crippen LogP contribution in [0.3, 0.4) is 0 Å². The Morgan fingerprint density at radius 1 is 1.21 bits per heavy atom. The van der Waals surface area contributed by atoms with E-state index in [1.807, 2.05) is 61.5 Å². The van der Waals surface area contributed by atoms with E-state index in [0.29, 0.717) is 6.54 Å². The van der Waals surface area contributed by atoms with E-state index in [9.17, 15) is 4.79 Å². The van der Waals surface area contributed by atoms with Crippen LogP contribution in [0.15, 0.2) is 67.3 Å². The number of nitrogens with zero attached hydrogens (tertiary/aromatic N) is 3. The zero-order valence-electron chi connectivity index (χ0n) is 13.4. The maximum absolute atomic E-state index is 12.1. The topological polar surface area (TPSA) is 59.8 Å². The number of benzene rings is 2. The largest absolute Gasteiger partial charge is 0.323 e. The number of rotatable bonds is 5. The number of hydrogen-bond donors (Lipinski definition) is 1. The van der Waals surface area contributed by atoms with Crippen LogP contribution in [0, 0.1) is 6.92 Å². The minimum Gasteiger partial charge on any atom is -0.323 e. The first-order valence-corrected chi connectivity index (χ1v) is 7.66. The molecule has 0 bridgehead atoms. The molecule has 3 rings (SSSR count). The molecule has 0 radical (unpaired) electrons.